The van der Waals surface area contributed by atoms with Crippen LogP contribution in [0.5, 0.6) is 11.5 Å². The lowest BCUT2D eigenvalue weighted by atomic mass is 9.97. The van der Waals surface area contributed by atoms with E-state index in [1.54, 1.807) is 12.0 Å². The third-order valence-electron chi connectivity index (χ3n) is 6.55. The highest BCUT2D eigenvalue weighted by molar-refractivity contribution is 5.99. The van der Waals surface area contributed by atoms with E-state index in [2.05, 4.69) is 4.90 Å². The molecule has 0 saturated carbocycles. The van der Waals surface area contributed by atoms with Gasteiger partial charge in [0, 0.05) is 6.54 Å². The summed E-state index contributed by atoms with van der Waals surface area (Å²) in [4.78, 5) is 31.2. The normalized spacial score (nSPS) is 15.2. The summed E-state index contributed by atoms with van der Waals surface area (Å²) in [5.74, 6) is 1.08. The summed E-state index contributed by atoms with van der Waals surface area (Å²) >= 11 is 0. The zero-order valence-electron chi connectivity index (χ0n) is 21.4. The number of aryl methyl sites for hydroxylation is 2. The van der Waals surface area contributed by atoms with Crippen molar-refractivity contribution < 1.29 is 18.7 Å². The average molecular weight is 479 g/mol. The van der Waals surface area contributed by atoms with E-state index in [0.717, 1.165) is 36.1 Å². The minimum atomic E-state index is -0.559. The molecule has 1 atom stereocenters. The van der Waals surface area contributed by atoms with Gasteiger partial charge in [-0.25, -0.2) is 0 Å². The SMILES string of the molecule is CCCOc1ccc(C2c3c(oc4cc(C)c(C)cc4c3=O)C(=O)N2CCCN(C)C)cc1OC. The predicted molar refractivity (Wildman–Crippen MR) is 137 cm³/mol. The van der Waals surface area contributed by atoms with Gasteiger partial charge in [-0.2, -0.15) is 0 Å². The Bertz CT molecular complexity index is 1310. The summed E-state index contributed by atoms with van der Waals surface area (Å²) in [6.45, 7) is 7.87. The molecule has 35 heavy (non-hydrogen) atoms. The van der Waals surface area contributed by atoms with Crippen molar-refractivity contribution in [3.05, 3.63) is 68.6 Å². The maximum atomic E-state index is 13.8. The Morgan fingerprint density at radius 1 is 1.06 bits per heavy atom. The van der Waals surface area contributed by atoms with Crippen LogP contribution in [0.3, 0.4) is 0 Å². The molecule has 0 N–H and O–H groups in total. The second-order valence-electron chi connectivity index (χ2n) is 9.42. The molecular formula is C28H34N2O5. The van der Waals surface area contributed by atoms with Gasteiger partial charge in [-0.1, -0.05) is 13.0 Å². The van der Waals surface area contributed by atoms with Crippen LogP contribution in [0.1, 0.15) is 58.6 Å². The van der Waals surface area contributed by atoms with Crippen molar-refractivity contribution in [3.8, 4) is 11.5 Å². The quantitative estimate of drug-likeness (QED) is 0.444. The van der Waals surface area contributed by atoms with Crippen LogP contribution in [0, 0.1) is 13.8 Å². The molecule has 2 aromatic carbocycles. The van der Waals surface area contributed by atoms with Gasteiger partial charge in [-0.3, -0.25) is 9.59 Å². The largest absolute Gasteiger partial charge is 0.493 e. The van der Waals surface area contributed by atoms with Crippen molar-refractivity contribution in [2.24, 2.45) is 0 Å². The van der Waals surface area contributed by atoms with Crippen LogP contribution in [0.2, 0.25) is 0 Å². The summed E-state index contributed by atoms with van der Waals surface area (Å²) in [5.41, 5.74) is 3.48. The van der Waals surface area contributed by atoms with Crippen LogP contribution < -0.4 is 14.9 Å². The Balaban J connectivity index is 1.87. The van der Waals surface area contributed by atoms with E-state index in [0.29, 0.717) is 41.2 Å². The Morgan fingerprint density at radius 3 is 2.49 bits per heavy atom. The molecular weight excluding hydrogens is 444 g/mol. The molecule has 1 aliphatic heterocycles. The molecule has 2 heterocycles. The summed E-state index contributed by atoms with van der Waals surface area (Å²) in [6, 6.07) is 8.75. The number of methoxy groups -OCH3 is 1. The topological polar surface area (TPSA) is 72.2 Å². The Kier molecular flexibility index (Phi) is 7.17. The van der Waals surface area contributed by atoms with E-state index in [4.69, 9.17) is 13.9 Å². The van der Waals surface area contributed by atoms with E-state index >= 15 is 0 Å². The fourth-order valence-electron chi connectivity index (χ4n) is 4.60. The van der Waals surface area contributed by atoms with Gasteiger partial charge >= 0.3 is 0 Å². The van der Waals surface area contributed by atoms with Crippen LogP contribution in [-0.4, -0.2) is 56.6 Å². The molecule has 0 saturated heterocycles. The summed E-state index contributed by atoms with van der Waals surface area (Å²) < 4.78 is 17.5. The molecule has 1 unspecified atom stereocenters. The first kappa shape index (κ1) is 24.8. The van der Waals surface area contributed by atoms with Crippen molar-refractivity contribution in [2.45, 2.75) is 39.7 Å². The predicted octanol–water partition coefficient (Wildman–Crippen LogP) is 4.70. The number of nitrogens with zero attached hydrogens (tertiary/aromatic N) is 2. The smallest absolute Gasteiger partial charge is 0.290 e. The van der Waals surface area contributed by atoms with E-state index in [1.165, 1.54) is 0 Å². The van der Waals surface area contributed by atoms with Gasteiger partial charge in [0.1, 0.15) is 5.58 Å². The highest BCUT2D eigenvalue weighted by Gasteiger charge is 2.42. The molecule has 0 aliphatic carbocycles. The highest BCUT2D eigenvalue weighted by atomic mass is 16.5. The van der Waals surface area contributed by atoms with Crippen LogP contribution >= 0.6 is 0 Å². The fraction of sp³-hybridized carbons (Fsp3) is 0.429. The Hall–Kier alpha value is -3.32. The van der Waals surface area contributed by atoms with E-state index < -0.39 is 6.04 Å². The van der Waals surface area contributed by atoms with Crippen molar-refractivity contribution >= 4 is 16.9 Å². The van der Waals surface area contributed by atoms with Crippen LogP contribution in [-0.2, 0) is 0 Å². The third-order valence-corrected chi connectivity index (χ3v) is 6.55. The summed E-state index contributed by atoms with van der Waals surface area (Å²) in [5, 5.41) is 0.495. The van der Waals surface area contributed by atoms with Gasteiger partial charge in [0.2, 0.25) is 5.76 Å². The lowest BCUT2D eigenvalue weighted by Gasteiger charge is -2.26. The first-order chi connectivity index (χ1) is 16.8. The van der Waals surface area contributed by atoms with Crippen molar-refractivity contribution in [3.63, 3.8) is 0 Å². The van der Waals surface area contributed by atoms with Gasteiger partial charge in [0.15, 0.2) is 16.9 Å². The lowest BCUT2D eigenvalue weighted by Crippen LogP contribution is -2.32. The van der Waals surface area contributed by atoms with E-state index in [9.17, 15) is 9.59 Å². The van der Waals surface area contributed by atoms with Crippen molar-refractivity contribution in [1.82, 2.24) is 9.80 Å². The van der Waals surface area contributed by atoms with E-state index in [-0.39, 0.29) is 17.1 Å². The molecule has 1 aliphatic rings. The molecule has 0 spiro atoms. The van der Waals surface area contributed by atoms with Crippen molar-refractivity contribution in [2.75, 3.05) is 40.9 Å². The Labute approximate surface area is 206 Å². The molecule has 0 fully saturated rings. The zero-order valence-corrected chi connectivity index (χ0v) is 21.4. The number of carbonyl (C=O) groups is 1. The van der Waals surface area contributed by atoms with Gasteiger partial charge in [-0.05, 0) is 88.3 Å². The monoisotopic (exact) mass is 478 g/mol. The van der Waals surface area contributed by atoms with Gasteiger partial charge in [-0.15, -0.1) is 0 Å². The lowest BCUT2D eigenvalue weighted by molar-refractivity contribution is 0.0722. The minimum absolute atomic E-state index is 0.130. The number of hydrogen-bond donors (Lipinski definition) is 0. The minimum Gasteiger partial charge on any atom is -0.493 e. The number of benzene rings is 2. The molecule has 0 radical (unpaired) electrons. The second kappa shape index (κ2) is 10.1. The zero-order chi connectivity index (χ0) is 25.3. The number of rotatable bonds is 9. The van der Waals surface area contributed by atoms with Crippen LogP contribution in [0.25, 0.3) is 11.0 Å². The number of ether oxygens (including phenoxy) is 2. The third kappa shape index (κ3) is 4.65. The Morgan fingerprint density at radius 2 is 1.80 bits per heavy atom. The van der Waals surface area contributed by atoms with E-state index in [1.807, 2.05) is 65.2 Å². The highest BCUT2D eigenvalue weighted by Crippen LogP contribution is 2.41. The fourth-order valence-corrected chi connectivity index (χ4v) is 4.60. The average Bonchev–Trinajstić information content (AvgIpc) is 3.10. The number of amides is 1. The number of hydrogen-bond acceptors (Lipinski definition) is 6. The molecule has 7 nitrogen and oxygen atoms in total. The molecule has 186 valence electrons. The molecule has 7 heteroatoms. The summed E-state index contributed by atoms with van der Waals surface area (Å²) in [6.07, 6.45) is 1.64. The van der Waals surface area contributed by atoms with Crippen LogP contribution in [0.15, 0.2) is 39.5 Å². The van der Waals surface area contributed by atoms with Gasteiger partial charge in [0.25, 0.3) is 5.91 Å². The van der Waals surface area contributed by atoms with Gasteiger partial charge in [0.05, 0.1) is 30.7 Å². The molecule has 3 aromatic rings. The van der Waals surface area contributed by atoms with Crippen molar-refractivity contribution in [1.29, 1.82) is 0 Å². The standard InChI is InChI=1S/C28H34N2O5/c1-7-13-34-21-10-9-19(16-23(21)33-6)25-24-26(31)20-14-17(2)18(3)15-22(20)35-27(24)28(32)30(25)12-8-11-29(4)5/h9-10,14-16,25H,7-8,11-13H2,1-6H3. The molecule has 4 rings (SSSR count). The molecule has 1 amide bonds. The van der Waals surface area contributed by atoms with Gasteiger partial charge < -0.3 is 23.7 Å². The maximum Gasteiger partial charge on any atom is 0.290 e. The second-order valence-corrected chi connectivity index (χ2v) is 9.42. The molecule has 1 aromatic heterocycles. The molecule has 0 bridgehead atoms. The number of fused-ring (bicyclic) bond motifs is 2. The first-order valence-electron chi connectivity index (χ1n) is 12.1. The maximum absolute atomic E-state index is 13.8. The number of carbonyl (C=O) groups excluding carboxylic acids is 1. The summed E-state index contributed by atoms with van der Waals surface area (Å²) in [7, 11) is 5.59. The van der Waals surface area contributed by atoms with Crippen LogP contribution in [0.4, 0.5) is 0 Å². The first-order valence-corrected chi connectivity index (χ1v) is 12.1.